The van der Waals surface area contributed by atoms with E-state index in [4.69, 9.17) is 18.0 Å². The Morgan fingerprint density at radius 1 is 1.44 bits per heavy atom. The summed E-state index contributed by atoms with van der Waals surface area (Å²) in [5, 5.41) is 6.20. The summed E-state index contributed by atoms with van der Waals surface area (Å²) in [6.45, 7) is 0.887. The van der Waals surface area contributed by atoms with Gasteiger partial charge in [0.05, 0.1) is 5.69 Å². The second-order valence-corrected chi connectivity index (χ2v) is 3.63. The van der Waals surface area contributed by atoms with Crippen molar-refractivity contribution in [2.24, 2.45) is 5.73 Å². The minimum atomic E-state index is 0.254. The van der Waals surface area contributed by atoms with Gasteiger partial charge in [-0.15, -0.1) is 0 Å². The van der Waals surface area contributed by atoms with E-state index in [-0.39, 0.29) is 5.11 Å². The third-order valence-corrected chi connectivity index (χ3v) is 2.01. The van der Waals surface area contributed by atoms with Crippen LogP contribution in [0.25, 0.3) is 0 Å². The maximum Gasteiger partial charge on any atom is 0.168 e. The average molecular weight is 233 g/mol. The van der Waals surface area contributed by atoms with Crippen LogP contribution >= 0.6 is 12.2 Å². The van der Waals surface area contributed by atoms with Crippen LogP contribution in [0.3, 0.4) is 0 Å². The maximum atomic E-state index is 5.43. The molecule has 0 amide bonds. The number of para-hydroxylation sites is 1. The largest absolute Gasteiger partial charge is 0.376 e. The number of hydrogen-bond donors (Lipinski definition) is 3. The summed E-state index contributed by atoms with van der Waals surface area (Å²) in [4.78, 5) is 0. The van der Waals surface area contributed by atoms with Crippen molar-refractivity contribution in [1.29, 1.82) is 0 Å². The molecule has 0 atom stereocenters. The van der Waals surface area contributed by atoms with Crippen LogP contribution in [0.1, 0.15) is 12.0 Å². The summed E-state index contributed by atoms with van der Waals surface area (Å²) in [6, 6.07) is 7.69. The summed E-state index contributed by atoms with van der Waals surface area (Å²) in [5.74, 6) is 6.17. The predicted octanol–water partition coefficient (Wildman–Crippen LogP) is 1.30. The molecular weight excluding hydrogens is 218 g/mol. The first-order valence-corrected chi connectivity index (χ1v) is 5.44. The molecule has 16 heavy (non-hydrogen) atoms. The van der Waals surface area contributed by atoms with Gasteiger partial charge in [0.25, 0.3) is 0 Å². The van der Waals surface area contributed by atoms with Crippen molar-refractivity contribution >= 4 is 23.0 Å². The molecule has 1 aromatic rings. The van der Waals surface area contributed by atoms with E-state index in [1.807, 2.05) is 31.3 Å². The molecule has 0 aromatic heterocycles. The fourth-order valence-electron chi connectivity index (χ4n) is 1.18. The number of anilines is 1. The molecule has 3 nitrogen and oxygen atoms in total. The Kier molecular flexibility index (Phi) is 5.34. The average Bonchev–Trinajstić information content (AvgIpc) is 2.26. The van der Waals surface area contributed by atoms with Crippen LogP contribution in [0, 0.1) is 11.8 Å². The maximum absolute atomic E-state index is 5.43. The zero-order valence-corrected chi connectivity index (χ0v) is 10.0. The van der Waals surface area contributed by atoms with E-state index in [1.165, 1.54) is 0 Å². The third-order valence-electron chi connectivity index (χ3n) is 1.91. The first-order chi connectivity index (χ1) is 7.74. The third kappa shape index (κ3) is 4.30. The van der Waals surface area contributed by atoms with Gasteiger partial charge in [-0.3, -0.25) is 0 Å². The topological polar surface area (TPSA) is 50.1 Å². The molecule has 1 aromatic carbocycles. The summed E-state index contributed by atoms with van der Waals surface area (Å²) < 4.78 is 0. The summed E-state index contributed by atoms with van der Waals surface area (Å²) in [6.07, 6.45) is 0.817. The van der Waals surface area contributed by atoms with Crippen LogP contribution in [-0.4, -0.2) is 18.7 Å². The van der Waals surface area contributed by atoms with Gasteiger partial charge in [-0.25, -0.2) is 0 Å². The van der Waals surface area contributed by atoms with E-state index >= 15 is 0 Å². The van der Waals surface area contributed by atoms with Gasteiger partial charge in [-0.05, 0) is 31.4 Å². The summed E-state index contributed by atoms with van der Waals surface area (Å²) >= 11 is 4.80. The van der Waals surface area contributed by atoms with Gasteiger partial charge in [-0.1, -0.05) is 24.0 Å². The molecule has 0 heterocycles. The minimum absolute atomic E-state index is 0.254. The Morgan fingerprint density at radius 2 is 2.19 bits per heavy atom. The number of nitrogens with two attached hydrogens (primary N) is 1. The van der Waals surface area contributed by atoms with E-state index in [0.29, 0.717) is 0 Å². The van der Waals surface area contributed by atoms with Gasteiger partial charge in [0.1, 0.15) is 0 Å². The molecule has 0 spiro atoms. The number of hydrogen-bond acceptors (Lipinski definition) is 2. The lowest BCUT2D eigenvalue weighted by molar-refractivity contribution is 0.818. The molecule has 1 rings (SSSR count). The monoisotopic (exact) mass is 233 g/mol. The Morgan fingerprint density at radius 3 is 2.88 bits per heavy atom. The van der Waals surface area contributed by atoms with Crippen molar-refractivity contribution in [2.45, 2.75) is 6.42 Å². The fourth-order valence-corrected chi connectivity index (χ4v) is 1.29. The molecular formula is C12H15N3S. The summed E-state index contributed by atoms with van der Waals surface area (Å²) in [7, 11) is 1.91. The predicted molar refractivity (Wildman–Crippen MR) is 72.3 cm³/mol. The highest BCUT2D eigenvalue weighted by Crippen LogP contribution is 2.13. The van der Waals surface area contributed by atoms with Crippen LogP contribution < -0.4 is 16.4 Å². The fraction of sp³-hybridized carbons (Fsp3) is 0.250. The van der Waals surface area contributed by atoms with Crippen LogP contribution in [0.15, 0.2) is 24.3 Å². The number of thiocarbonyl (C=S) groups is 1. The van der Waals surface area contributed by atoms with E-state index in [1.54, 1.807) is 0 Å². The summed E-state index contributed by atoms with van der Waals surface area (Å²) in [5.41, 5.74) is 7.19. The number of benzene rings is 1. The molecule has 0 unspecified atom stereocenters. The van der Waals surface area contributed by atoms with E-state index < -0.39 is 0 Å². The van der Waals surface area contributed by atoms with Crippen LogP contribution in [0.5, 0.6) is 0 Å². The lowest BCUT2D eigenvalue weighted by Crippen LogP contribution is -2.19. The molecule has 4 N–H and O–H groups in total. The second kappa shape index (κ2) is 6.83. The van der Waals surface area contributed by atoms with Crippen molar-refractivity contribution in [3.63, 3.8) is 0 Å². The molecule has 0 aliphatic carbocycles. The molecule has 0 saturated heterocycles. The Labute approximate surface area is 101 Å². The Bertz CT molecular complexity index is 418. The van der Waals surface area contributed by atoms with Gasteiger partial charge in [0.15, 0.2) is 5.11 Å². The Hall–Kier alpha value is -1.57. The van der Waals surface area contributed by atoms with Crippen molar-refractivity contribution in [2.75, 3.05) is 18.9 Å². The van der Waals surface area contributed by atoms with Gasteiger partial charge in [0.2, 0.25) is 0 Å². The molecule has 4 heteroatoms. The highest BCUT2D eigenvalue weighted by molar-refractivity contribution is 7.80. The first-order valence-electron chi connectivity index (χ1n) is 5.03. The van der Waals surface area contributed by atoms with Gasteiger partial charge < -0.3 is 16.4 Å². The minimum Gasteiger partial charge on any atom is -0.376 e. The zero-order chi connectivity index (χ0) is 11.8. The molecule has 0 bridgehead atoms. The standard InChI is InChI=1S/C12H15N3S/c1-14-9-5-4-7-10-6-2-3-8-11(10)15-12(13)16/h2-3,6,8,14H,5,9H2,1H3,(H3,13,15,16). The molecule has 84 valence electrons. The normalized spacial score (nSPS) is 9.06. The lowest BCUT2D eigenvalue weighted by atomic mass is 10.2. The molecule has 0 aliphatic heterocycles. The van der Waals surface area contributed by atoms with Gasteiger partial charge >= 0.3 is 0 Å². The molecule has 0 fully saturated rings. The van der Waals surface area contributed by atoms with Gasteiger partial charge in [0, 0.05) is 18.5 Å². The van der Waals surface area contributed by atoms with E-state index in [9.17, 15) is 0 Å². The van der Waals surface area contributed by atoms with Crippen molar-refractivity contribution in [3.05, 3.63) is 29.8 Å². The van der Waals surface area contributed by atoms with Crippen molar-refractivity contribution < 1.29 is 0 Å². The Balaban J connectivity index is 2.76. The molecule has 0 aliphatic rings. The zero-order valence-electron chi connectivity index (χ0n) is 9.21. The number of nitrogens with one attached hydrogen (secondary N) is 2. The van der Waals surface area contributed by atoms with Gasteiger partial charge in [-0.2, -0.15) is 0 Å². The van der Waals surface area contributed by atoms with Crippen LogP contribution in [0.4, 0.5) is 5.69 Å². The van der Waals surface area contributed by atoms with Crippen LogP contribution in [-0.2, 0) is 0 Å². The van der Waals surface area contributed by atoms with E-state index in [0.717, 1.165) is 24.2 Å². The first kappa shape index (κ1) is 12.5. The number of rotatable bonds is 3. The lowest BCUT2D eigenvalue weighted by Gasteiger charge is -2.05. The van der Waals surface area contributed by atoms with Crippen LogP contribution in [0.2, 0.25) is 0 Å². The second-order valence-electron chi connectivity index (χ2n) is 3.19. The van der Waals surface area contributed by atoms with Crippen molar-refractivity contribution in [1.82, 2.24) is 5.32 Å². The highest BCUT2D eigenvalue weighted by Gasteiger charge is 1.98. The SMILES string of the molecule is CNCCC#Cc1ccccc1NC(N)=S. The molecule has 0 saturated carbocycles. The molecule has 0 radical (unpaired) electrons. The smallest absolute Gasteiger partial charge is 0.168 e. The quantitative estimate of drug-likeness (QED) is 0.418. The highest BCUT2D eigenvalue weighted by atomic mass is 32.1. The van der Waals surface area contributed by atoms with Crippen molar-refractivity contribution in [3.8, 4) is 11.8 Å². The van der Waals surface area contributed by atoms with E-state index in [2.05, 4.69) is 22.5 Å².